The summed E-state index contributed by atoms with van der Waals surface area (Å²) in [6, 6.07) is 6.21. The van der Waals surface area contributed by atoms with Crippen molar-refractivity contribution in [1.29, 1.82) is 0 Å². The van der Waals surface area contributed by atoms with Gasteiger partial charge in [0.2, 0.25) is 5.91 Å². The molecule has 2 unspecified atom stereocenters. The van der Waals surface area contributed by atoms with Crippen molar-refractivity contribution in [2.24, 2.45) is 0 Å². The zero-order chi connectivity index (χ0) is 18.5. The number of methoxy groups -OCH3 is 2. The lowest BCUT2D eigenvalue weighted by atomic mass is 10.00. The number of hydrogen-bond acceptors (Lipinski definition) is 6. The molecule has 7 heteroatoms. The number of ether oxygens (including phenoxy) is 2. The van der Waals surface area contributed by atoms with Crippen LogP contribution in [0.1, 0.15) is 25.5 Å². The number of carbonyl (C=O) groups excluding carboxylic acids is 1. The van der Waals surface area contributed by atoms with Gasteiger partial charge in [-0.05, 0) is 44.5 Å². The summed E-state index contributed by atoms with van der Waals surface area (Å²) in [5.74, 6) is 1.37. The maximum absolute atomic E-state index is 12.3. The Kier molecular flexibility index (Phi) is 6.11. The Balaban J connectivity index is 1.65. The highest BCUT2D eigenvalue weighted by Crippen LogP contribution is 2.33. The van der Waals surface area contributed by atoms with Crippen molar-refractivity contribution in [2.45, 2.75) is 38.3 Å². The Labute approximate surface area is 157 Å². The van der Waals surface area contributed by atoms with Crippen LogP contribution in [-0.2, 0) is 11.2 Å². The van der Waals surface area contributed by atoms with Crippen LogP contribution in [-0.4, -0.2) is 43.7 Å². The molecular formula is C19H25N3O3S. The quantitative estimate of drug-likeness (QED) is 0.812. The van der Waals surface area contributed by atoms with Crippen molar-refractivity contribution in [3.05, 3.63) is 29.3 Å². The number of amides is 1. The van der Waals surface area contributed by atoms with Gasteiger partial charge in [-0.3, -0.25) is 4.79 Å². The number of rotatable bonds is 6. The van der Waals surface area contributed by atoms with Crippen molar-refractivity contribution < 1.29 is 14.3 Å². The van der Waals surface area contributed by atoms with Gasteiger partial charge in [-0.1, -0.05) is 0 Å². The predicted octanol–water partition coefficient (Wildman–Crippen LogP) is 2.63. The number of thiazole rings is 1. The molecule has 1 fully saturated rings. The van der Waals surface area contributed by atoms with Gasteiger partial charge < -0.3 is 20.1 Å². The zero-order valence-electron chi connectivity index (χ0n) is 15.4. The summed E-state index contributed by atoms with van der Waals surface area (Å²) >= 11 is 1.52. The molecule has 140 valence electrons. The van der Waals surface area contributed by atoms with E-state index in [0.717, 1.165) is 35.7 Å². The zero-order valence-corrected chi connectivity index (χ0v) is 16.2. The van der Waals surface area contributed by atoms with Gasteiger partial charge in [0.15, 0.2) is 11.5 Å². The van der Waals surface area contributed by atoms with E-state index in [0.29, 0.717) is 24.0 Å². The smallest absolute Gasteiger partial charge is 0.226 e. The molecule has 0 saturated carbocycles. The summed E-state index contributed by atoms with van der Waals surface area (Å²) in [6.07, 6.45) is 2.41. The van der Waals surface area contributed by atoms with Crippen LogP contribution in [0.15, 0.2) is 23.6 Å². The first kappa shape index (κ1) is 18.7. The van der Waals surface area contributed by atoms with Crippen LogP contribution in [0.3, 0.4) is 0 Å². The summed E-state index contributed by atoms with van der Waals surface area (Å²) in [7, 11) is 3.22. The molecule has 1 aliphatic rings. The summed E-state index contributed by atoms with van der Waals surface area (Å²) < 4.78 is 10.6. The minimum atomic E-state index is 0.0229. The maximum Gasteiger partial charge on any atom is 0.226 e. The molecule has 1 aliphatic heterocycles. The largest absolute Gasteiger partial charge is 0.493 e. The van der Waals surface area contributed by atoms with Crippen LogP contribution in [0, 0.1) is 0 Å². The molecule has 0 aliphatic carbocycles. The van der Waals surface area contributed by atoms with Gasteiger partial charge in [0.05, 0.1) is 26.3 Å². The third-order valence-corrected chi connectivity index (χ3v) is 5.57. The van der Waals surface area contributed by atoms with Crippen LogP contribution in [0.2, 0.25) is 0 Å². The normalized spacial score (nSPS) is 19.8. The molecule has 2 atom stereocenters. The fourth-order valence-electron chi connectivity index (χ4n) is 3.15. The van der Waals surface area contributed by atoms with Crippen molar-refractivity contribution >= 4 is 17.2 Å². The van der Waals surface area contributed by atoms with Crippen LogP contribution >= 0.6 is 11.3 Å². The Morgan fingerprint density at radius 2 is 2.15 bits per heavy atom. The van der Waals surface area contributed by atoms with Gasteiger partial charge in [0.25, 0.3) is 0 Å². The summed E-state index contributed by atoms with van der Waals surface area (Å²) in [4.78, 5) is 17.0. The van der Waals surface area contributed by atoms with E-state index in [-0.39, 0.29) is 11.9 Å². The summed E-state index contributed by atoms with van der Waals surface area (Å²) in [5.41, 5.74) is 1.73. The van der Waals surface area contributed by atoms with E-state index in [4.69, 9.17) is 9.47 Å². The van der Waals surface area contributed by atoms with E-state index in [1.54, 1.807) is 14.2 Å². The first-order valence-electron chi connectivity index (χ1n) is 8.80. The molecule has 1 aromatic carbocycles. The van der Waals surface area contributed by atoms with Crippen LogP contribution < -0.4 is 20.1 Å². The molecule has 0 spiro atoms. The standard InChI is InChI=1S/C19H25N3O3S/c1-12-15(5-4-8-20-12)22-18(23)10-14-11-26-19(21-14)13-6-7-16(24-2)17(9-13)25-3/h6-7,9,11-12,15,20H,4-5,8,10H2,1-3H3,(H,22,23). The second kappa shape index (κ2) is 8.51. The number of benzene rings is 1. The Morgan fingerprint density at radius 1 is 1.35 bits per heavy atom. The number of nitrogens with zero attached hydrogens (tertiary/aromatic N) is 1. The summed E-state index contributed by atoms with van der Waals surface area (Å²) in [5, 5.41) is 9.32. The van der Waals surface area contributed by atoms with E-state index in [9.17, 15) is 4.79 Å². The third-order valence-electron chi connectivity index (χ3n) is 4.63. The predicted molar refractivity (Wildman–Crippen MR) is 103 cm³/mol. The fraction of sp³-hybridized carbons (Fsp3) is 0.474. The molecule has 3 rings (SSSR count). The molecule has 1 amide bonds. The lowest BCUT2D eigenvalue weighted by molar-refractivity contribution is -0.121. The van der Waals surface area contributed by atoms with Crippen LogP contribution in [0.5, 0.6) is 11.5 Å². The lowest BCUT2D eigenvalue weighted by Gasteiger charge is -2.30. The first-order chi connectivity index (χ1) is 12.6. The highest BCUT2D eigenvalue weighted by atomic mass is 32.1. The van der Waals surface area contributed by atoms with Gasteiger partial charge in [0, 0.05) is 23.0 Å². The number of hydrogen-bond donors (Lipinski definition) is 2. The van der Waals surface area contributed by atoms with Gasteiger partial charge >= 0.3 is 0 Å². The maximum atomic E-state index is 12.3. The number of carbonyl (C=O) groups is 1. The van der Waals surface area contributed by atoms with Crippen molar-refractivity contribution in [3.63, 3.8) is 0 Å². The SMILES string of the molecule is COc1ccc(-c2nc(CC(=O)NC3CCCNC3C)cs2)cc1OC. The highest BCUT2D eigenvalue weighted by Gasteiger charge is 2.22. The average molecular weight is 375 g/mol. The molecule has 2 heterocycles. The molecular weight excluding hydrogens is 350 g/mol. The van der Waals surface area contributed by atoms with Crippen LogP contribution in [0.25, 0.3) is 10.6 Å². The van der Waals surface area contributed by atoms with Gasteiger partial charge in [-0.2, -0.15) is 0 Å². The van der Waals surface area contributed by atoms with Crippen molar-refractivity contribution in [2.75, 3.05) is 20.8 Å². The highest BCUT2D eigenvalue weighted by molar-refractivity contribution is 7.13. The Hall–Kier alpha value is -2.12. The Bertz CT molecular complexity index is 762. The van der Waals surface area contributed by atoms with Gasteiger partial charge in [-0.15, -0.1) is 11.3 Å². The van der Waals surface area contributed by atoms with Gasteiger partial charge in [-0.25, -0.2) is 4.98 Å². The third kappa shape index (κ3) is 4.34. The second-order valence-electron chi connectivity index (χ2n) is 6.45. The average Bonchev–Trinajstić information content (AvgIpc) is 3.11. The minimum absolute atomic E-state index is 0.0229. The van der Waals surface area contributed by atoms with E-state index < -0.39 is 0 Å². The molecule has 2 aromatic rings. The second-order valence-corrected chi connectivity index (χ2v) is 7.31. The molecule has 1 saturated heterocycles. The minimum Gasteiger partial charge on any atom is -0.493 e. The molecule has 1 aromatic heterocycles. The first-order valence-corrected chi connectivity index (χ1v) is 9.68. The van der Waals surface area contributed by atoms with E-state index >= 15 is 0 Å². The van der Waals surface area contributed by atoms with Crippen molar-refractivity contribution in [3.8, 4) is 22.1 Å². The van der Waals surface area contributed by atoms with Gasteiger partial charge in [0.1, 0.15) is 5.01 Å². The van der Waals surface area contributed by atoms with E-state index in [1.165, 1.54) is 11.3 Å². The molecule has 0 bridgehead atoms. The molecule has 2 N–H and O–H groups in total. The monoisotopic (exact) mass is 375 g/mol. The topological polar surface area (TPSA) is 72.5 Å². The molecule has 0 radical (unpaired) electrons. The van der Waals surface area contributed by atoms with Crippen molar-refractivity contribution in [1.82, 2.24) is 15.6 Å². The number of aromatic nitrogens is 1. The fourth-order valence-corrected chi connectivity index (χ4v) is 3.97. The summed E-state index contributed by atoms with van der Waals surface area (Å²) in [6.45, 7) is 3.14. The Morgan fingerprint density at radius 3 is 2.88 bits per heavy atom. The molecule has 6 nitrogen and oxygen atoms in total. The molecule has 26 heavy (non-hydrogen) atoms. The van der Waals surface area contributed by atoms with E-state index in [2.05, 4.69) is 22.5 Å². The number of nitrogens with one attached hydrogen (secondary N) is 2. The number of piperidine rings is 1. The van der Waals surface area contributed by atoms with E-state index in [1.807, 2.05) is 23.6 Å². The lowest BCUT2D eigenvalue weighted by Crippen LogP contribution is -2.52. The van der Waals surface area contributed by atoms with Crippen LogP contribution in [0.4, 0.5) is 0 Å².